The summed E-state index contributed by atoms with van der Waals surface area (Å²) >= 11 is 0. The maximum absolute atomic E-state index is 10.7. The molecule has 3 fully saturated rings. The lowest BCUT2D eigenvalue weighted by atomic mass is 9.93. The first kappa shape index (κ1) is 17.0. The molecule has 1 aromatic heterocycles. The Bertz CT molecular complexity index is 564. The molecule has 4 rings (SSSR count). The zero-order chi connectivity index (χ0) is 17.1. The van der Waals surface area contributed by atoms with Gasteiger partial charge in [-0.2, -0.15) is 4.98 Å². The highest BCUT2D eigenvalue weighted by molar-refractivity contribution is 5.44. The topological polar surface area (TPSA) is 65.0 Å². The standard InChI is InChI=1S/C18H29N5O2/c24-18(4-13-25-14-5-18)15-21-9-11-22(12-10-21)16-3-6-19-17(20-16)23-7-1-2-8-23/h3,6,24H,1-2,4-5,7-15H2. The molecule has 0 bridgehead atoms. The van der Waals surface area contributed by atoms with Gasteiger partial charge in [-0.25, -0.2) is 4.98 Å². The van der Waals surface area contributed by atoms with Crippen LogP contribution in [-0.4, -0.2) is 84.6 Å². The molecule has 0 saturated carbocycles. The van der Waals surface area contributed by atoms with Gasteiger partial charge in [-0.3, -0.25) is 4.90 Å². The Balaban J connectivity index is 1.33. The SMILES string of the molecule is OC1(CN2CCN(c3ccnc(N4CCCC4)n3)CC2)CCOCC1. The van der Waals surface area contributed by atoms with E-state index in [1.165, 1.54) is 12.8 Å². The van der Waals surface area contributed by atoms with Gasteiger partial charge in [0.15, 0.2) is 0 Å². The highest BCUT2D eigenvalue weighted by atomic mass is 16.5. The molecule has 0 radical (unpaired) electrons. The van der Waals surface area contributed by atoms with Crippen LogP contribution < -0.4 is 9.80 Å². The van der Waals surface area contributed by atoms with E-state index in [0.717, 1.165) is 70.4 Å². The predicted octanol–water partition coefficient (Wildman–Crippen LogP) is 0.740. The Morgan fingerprint density at radius 3 is 2.44 bits per heavy atom. The molecule has 3 aliphatic heterocycles. The molecule has 0 atom stereocenters. The quantitative estimate of drug-likeness (QED) is 0.862. The van der Waals surface area contributed by atoms with Crippen molar-refractivity contribution in [2.24, 2.45) is 0 Å². The van der Waals surface area contributed by atoms with Gasteiger partial charge in [-0.05, 0) is 18.9 Å². The highest BCUT2D eigenvalue weighted by Crippen LogP contribution is 2.24. The van der Waals surface area contributed by atoms with E-state index in [1.807, 2.05) is 12.3 Å². The summed E-state index contributed by atoms with van der Waals surface area (Å²) in [6.45, 7) is 8.07. The van der Waals surface area contributed by atoms with Crippen LogP contribution in [0.25, 0.3) is 0 Å². The lowest BCUT2D eigenvalue weighted by Crippen LogP contribution is -2.53. The van der Waals surface area contributed by atoms with Crippen LogP contribution >= 0.6 is 0 Å². The Morgan fingerprint density at radius 1 is 1.00 bits per heavy atom. The Labute approximate surface area is 149 Å². The van der Waals surface area contributed by atoms with Crippen molar-refractivity contribution in [1.29, 1.82) is 0 Å². The Kier molecular flexibility index (Phi) is 5.05. The van der Waals surface area contributed by atoms with Gasteiger partial charge in [0.1, 0.15) is 5.82 Å². The summed E-state index contributed by atoms with van der Waals surface area (Å²) in [7, 11) is 0. The molecule has 25 heavy (non-hydrogen) atoms. The molecule has 0 aromatic carbocycles. The van der Waals surface area contributed by atoms with Gasteiger partial charge < -0.3 is 19.6 Å². The van der Waals surface area contributed by atoms with Gasteiger partial charge in [0.05, 0.1) is 5.60 Å². The summed E-state index contributed by atoms with van der Waals surface area (Å²) in [6.07, 6.45) is 5.85. The second kappa shape index (κ2) is 7.43. The molecule has 3 aliphatic rings. The van der Waals surface area contributed by atoms with Crippen molar-refractivity contribution in [1.82, 2.24) is 14.9 Å². The minimum atomic E-state index is -0.571. The lowest BCUT2D eigenvalue weighted by Gasteiger charge is -2.41. The average Bonchev–Trinajstić information content (AvgIpc) is 3.18. The monoisotopic (exact) mass is 347 g/mol. The summed E-state index contributed by atoms with van der Waals surface area (Å²) in [5.74, 6) is 1.90. The van der Waals surface area contributed by atoms with E-state index in [2.05, 4.69) is 19.7 Å². The third-order valence-corrected chi connectivity index (χ3v) is 5.65. The maximum Gasteiger partial charge on any atom is 0.227 e. The third-order valence-electron chi connectivity index (χ3n) is 5.65. The molecular weight excluding hydrogens is 318 g/mol. The van der Waals surface area contributed by atoms with Gasteiger partial charge >= 0.3 is 0 Å². The molecule has 1 aromatic rings. The number of aliphatic hydroxyl groups is 1. The summed E-state index contributed by atoms with van der Waals surface area (Å²) in [5, 5.41) is 10.7. The number of hydrogen-bond acceptors (Lipinski definition) is 7. The molecule has 3 saturated heterocycles. The Hall–Kier alpha value is -1.44. The van der Waals surface area contributed by atoms with Crippen LogP contribution in [0.2, 0.25) is 0 Å². The van der Waals surface area contributed by atoms with E-state index in [9.17, 15) is 5.11 Å². The fourth-order valence-corrected chi connectivity index (χ4v) is 4.05. The molecule has 0 amide bonds. The molecular formula is C18H29N5O2. The first-order valence-electron chi connectivity index (χ1n) is 9.57. The van der Waals surface area contributed by atoms with Crippen LogP contribution in [0.1, 0.15) is 25.7 Å². The lowest BCUT2D eigenvalue weighted by molar-refractivity contribution is -0.0802. The zero-order valence-electron chi connectivity index (χ0n) is 14.9. The van der Waals surface area contributed by atoms with Crippen molar-refractivity contribution in [2.75, 3.05) is 68.8 Å². The zero-order valence-corrected chi connectivity index (χ0v) is 14.9. The van der Waals surface area contributed by atoms with Crippen LogP contribution in [-0.2, 0) is 4.74 Å². The number of piperazine rings is 1. The van der Waals surface area contributed by atoms with Crippen LogP contribution in [0.3, 0.4) is 0 Å². The number of β-amino-alcohol motifs (C(OH)–C–C–N with tert-alkyl or cyclic N) is 1. The maximum atomic E-state index is 10.7. The Morgan fingerprint density at radius 2 is 1.72 bits per heavy atom. The average molecular weight is 347 g/mol. The van der Waals surface area contributed by atoms with Crippen LogP contribution in [0.5, 0.6) is 0 Å². The summed E-state index contributed by atoms with van der Waals surface area (Å²) in [5.41, 5.74) is -0.571. The number of hydrogen-bond donors (Lipinski definition) is 1. The smallest absolute Gasteiger partial charge is 0.227 e. The summed E-state index contributed by atoms with van der Waals surface area (Å²) < 4.78 is 5.38. The molecule has 0 unspecified atom stereocenters. The van der Waals surface area contributed by atoms with Crippen LogP contribution in [0, 0.1) is 0 Å². The largest absolute Gasteiger partial charge is 0.388 e. The van der Waals surface area contributed by atoms with E-state index in [4.69, 9.17) is 9.72 Å². The van der Waals surface area contributed by atoms with E-state index in [1.54, 1.807) is 0 Å². The minimum Gasteiger partial charge on any atom is -0.388 e. The molecule has 7 heteroatoms. The van der Waals surface area contributed by atoms with Crippen LogP contribution in [0.4, 0.5) is 11.8 Å². The second-order valence-corrected chi connectivity index (χ2v) is 7.51. The molecule has 7 nitrogen and oxygen atoms in total. The van der Waals surface area contributed by atoms with Crippen molar-refractivity contribution in [3.8, 4) is 0 Å². The van der Waals surface area contributed by atoms with Crippen molar-refractivity contribution >= 4 is 11.8 Å². The van der Waals surface area contributed by atoms with Crippen LogP contribution in [0.15, 0.2) is 12.3 Å². The fraction of sp³-hybridized carbons (Fsp3) is 0.778. The number of rotatable bonds is 4. The minimum absolute atomic E-state index is 0.571. The van der Waals surface area contributed by atoms with Crippen molar-refractivity contribution < 1.29 is 9.84 Å². The van der Waals surface area contributed by atoms with Gasteiger partial charge in [-0.15, -0.1) is 0 Å². The van der Waals surface area contributed by atoms with E-state index in [-0.39, 0.29) is 0 Å². The number of nitrogens with zero attached hydrogens (tertiary/aromatic N) is 5. The van der Waals surface area contributed by atoms with Crippen molar-refractivity contribution in [3.63, 3.8) is 0 Å². The second-order valence-electron chi connectivity index (χ2n) is 7.51. The summed E-state index contributed by atoms with van der Waals surface area (Å²) in [4.78, 5) is 16.2. The first-order valence-corrected chi connectivity index (χ1v) is 9.57. The highest BCUT2D eigenvalue weighted by Gasteiger charge is 2.33. The van der Waals surface area contributed by atoms with Gasteiger partial charge in [0.25, 0.3) is 0 Å². The van der Waals surface area contributed by atoms with Crippen molar-refractivity contribution in [3.05, 3.63) is 12.3 Å². The molecule has 138 valence electrons. The summed E-state index contributed by atoms with van der Waals surface area (Å²) in [6, 6.07) is 2.02. The van der Waals surface area contributed by atoms with Gasteiger partial charge in [0.2, 0.25) is 5.95 Å². The number of ether oxygens (including phenoxy) is 1. The van der Waals surface area contributed by atoms with E-state index in [0.29, 0.717) is 13.2 Å². The normalized spacial score (nSPS) is 24.7. The molecule has 4 heterocycles. The molecule has 0 spiro atoms. The van der Waals surface area contributed by atoms with E-state index < -0.39 is 5.60 Å². The van der Waals surface area contributed by atoms with Gasteiger partial charge in [-0.1, -0.05) is 0 Å². The van der Waals surface area contributed by atoms with E-state index >= 15 is 0 Å². The fourth-order valence-electron chi connectivity index (χ4n) is 4.05. The third kappa shape index (κ3) is 4.04. The predicted molar refractivity (Wildman–Crippen MR) is 97.1 cm³/mol. The number of aromatic nitrogens is 2. The van der Waals surface area contributed by atoms with Crippen molar-refractivity contribution in [2.45, 2.75) is 31.3 Å². The molecule has 0 aliphatic carbocycles. The molecule has 1 N–H and O–H groups in total. The number of anilines is 2. The first-order chi connectivity index (χ1) is 12.2. The van der Waals surface area contributed by atoms with Gasteiger partial charge in [0, 0.05) is 78.1 Å².